The molecule has 1 fully saturated rings. The summed E-state index contributed by atoms with van der Waals surface area (Å²) in [5.74, 6) is -0.0977. The Hall–Kier alpha value is -2.24. The molecule has 0 bridgehead atoms. The number of aromatic nitrogens is 3. The minimum Gasteiger partial charge on any atom is -0.335 e. The van der Waals surface area contributed by atoms with Gasteiger partial charge in [-0.25, -0.2) is 9.37 Å². The van der Waals surface area contributed by atoms with Gasteiger partial charge in [0.2, 0.25) is 5.91 Å². The van der Waals surface area contributed by atoms with Gasteiger partial charge in [-0.2, -0.15) is 5.10 Å². The van der Waals surface area contributed by atoms with Crippen LogP contribution in [0.1, 0.15) is 30.9 Å². The summed E-state index contributed by atoms with van der Waals surface area (Å²) >= 11 is 0. The number of carbonyl (C=O) groups excluding carboxylic acids is 1. The van der Waals surface area contributed by atoms with Crippen molar-refractivity contribution in [2.45, 2.75) is 31.8 Å². The highest BCUT2D eigenvalue weighted by molar-refractivity contribution is 5.77. The van der Waals surface area contributed by atoms with Gasteiger partial charge in [0.15, 0.2) is 0 Å². The highest BCUT2D eigenvalue weighted by Gasteiger charge is 2.32. The fourth-order valence-electron chi connectivity index (χ4n) is 2.60. The summed E-state index contributed by atoms with van der Waals surface area (Å²) in [4.78, 5) is 17.9. The number of nitrogens with zero attached hydrogens (tertiary/aromatic N) is 4. The second-order valence-electron chi connectivity index (χ2n) is 5.21. The van der Waals surface area contributed by atoms with Crippen LogP contribution in [-0.4, -0.2) is 32.1 Å². The molecule has 3 rings (SSSR count). The zero-order valence-corrected chi connectivity index (χ0v) is 11.7. The van der Waals surface area contributed by atoms with E-state index in [0.29, 0.717) is 13.0 Å². The zero-order valence-electron chi connectivity index (χ0n) is 11.7. The number of hydrogen-bond donors (Lipinski definition) is 0. The first-order valence-electron chi connectivity index (χ1n) is 7.11. The minimum absolute atomic E-state index is 0.101. The third-order valence-electron chi connectivity index (χ3n) is 3.84. The van der Waals surface area contributed by atoms with Crippen molar-refractivity contribution in [3.63, 3.8) is 0 Å². The van der Waals surface area contributed by atoms with Crippen molar-refractivity contribution in [1.29, 1.82) is 0 Å². The molecule has 1 amide bonds. The van der Waals surface area contributed by atoms with Crippen LogP contribution in [0.25, 0.3) is 0 Å². The lowest BCUT2D eigenvalue weighted by molar-refractivity contribution is -0.139. The largest absolute Gasteiger partial charge is 0.335 e. The molecule has 2 aromatic rings. The van der Waals surface area contributed by atoms with Crippen molar-refractivity contribution in [2.75, 3.05) is 6.54 Å². The SMILES string of the molecule is O=C(CCCn1cncn1)N1CCC1c1ccc(F)cc1. The van der Waals surface area contributed by atoms with Gasteiger partial charge >= 0.3 is 0 Å². The molecule has 1 aromatic carbocycles. The van der Waals surface area contributed by atoms with Crippen LogP contribution in [0, 0.1) is 5.82 Å². The highest BCUT2D eigenvalue weighted by atomic mass is 19.1. The van der Waals surface area contributed by atoms with Gasteiger partial charge < -0.3 is 4.90 Å². The number of rotatable bonds is 5. The molecule has 0 spiro atoms. The maximum Gasteiger partial charge on any atom is 0.223 e. The van der Waals surface area contributed by atoms with Crippen molar-refractivity contribution in [1.82, 2.24) is 19.7 Å². The van der Waals surface area contributed by atoms with E-state index in [0.717, 1.165) is 24.9 Å². The molecule has 1 aliphatic heterocycles. The number of carbonyl (C=O) groups is 1. The topological polar surface area (TPSA) is 51.0 Å². The van der Waals surface area contributed by atoms with E-state index in [1.807, 2.05) is 4.90 Å². The lowest BCUT2D eigenvalue weighted by Gasteiger charge is -2.41. The molecule has 0 N–H and O–H groups in total. The van der Waals surface area contributed by atoms with Crippen LogP contribution in [-0.2, 0) is 11.3 Å². The fraction of sp³-hybridized carbons (Fsp3) is 0.400. The quantitative estimate of drug-likeness (QED) is 0.847. The molecule has 1 unspecified atom stereocenters. The van der Waals surface area contributed by atoms with Gasteiger partial charge in [0.05, 0.1) is 6.04 Å². The lowest BCUT2D eigenvalue weighted by Crippen LogP contribution is -2.45. The molecule has 1 saturated heterocycles. The molecule has 1 atom stereocenters. The van der Waals surface area contributed by atoms with E-state index >= 15 is 0 Å². The predicted octanol–water partition coefficient (Wildman–Crippen LogP) is 2.17. The summed E-state index contributed by atoms with van der Waals surface area (Å²) in [5.41, 5.74) is 1.01. The zero-order chi connectivity index (χ0) is 14.7. The Balaban J connectivity index is 1.51. The van der Waals surface area contributed by atoms with E-state index in [1.54, 1.807) is 23.1 Å². The van der Waals surface area contributed by atoms with E-state index in [1.165, 1.54) is 18.5 Å². The summed E-state index contributed by atoms with van der Waals surface area (Å²) in [6.45, 7) is 1.48. The van der Waals surface area contributed by atoms with Gasteiger partial charge in [0.25, 0.3) is 0 Å². The maximum atomic E-state index is 12.9. The van der Waals surface area contributed by atoms with Crippen molar-refractivity contribution in [3.05, 3.63) is 48.3 Å². The summed E-state index contributed by atoms with van der Waals surface area (Å²) in [6, 6.07) is 6.51. The molecule has 0 saturated carbocycles. The minimum atomic E-state index is -0.246. The van der Waals surface area contributed by atoms with Crippen LogP contribution in [0.15, 0.2) is 36.9 Å². The van der Waals surface area contributed by atoms with Gasteiger partial charge in [-0.1, -0.05) is 12.1 Å². The molecule has 2 heterocycles. The third-order valence-corrected chi connectivity index (χ3v) is 3.84. The molecule has 5 nitrogen and oxygen atoms in total. The number of aryl methyl sites for hydroxylation is 1. The Labute approximate surface area is 122 Å². The molecule has 1 aliphatic rings. The second-order valence-corrected chi connectivity index (χ2v) is 5.21. The van der Waals surface area contributed by atoms with Crippen LogP contribution in [0.3, 0.4) is 0 Å². The molecule has 0 radical (unpaired) electrons. The number of benzene rings is 1. The third kappa shape index (κ3) is 3.09. The summed E-state index contributed by atoms with van der Waals surface area (Å²) in [7, 11) is 0. The molecule has 21 heavy (non-hydrogen) atoms. The lowest BCUT2D eigenvalue weighted by atomic mass is 9.94. The molecule has 6 heteroatoms. The van der Waals surface area contributed by atoms with Crippen LogP contribution in [0.4, 0.5) is 4.39 Å². The molecule has 110 valence electrons. The Morgan fingerprint density at radius 3 is 2.76 bits per heavy atom. The molecule has 0 aliphatic carbocycles. The number of likely N-dealkylation sites (tertiary alicyclic amines) is 1. The Kier molecular flexibility index (Phi) is 3.94. The normalized spacial score (nSPS) is 17.6. The van der Waals surface area contributed by atoms with Crippen LogP contribution in [0.5, 0.6) is 0 Å². The molecular weight excluding hydrogens is 271 g/mol. The Morgan fingerprint density at radius 2 is 2.14 bits per heavy atom. The average molecular weight is 288 g/mol. The summed E-state index contributed by atoms with van der Waals surface area (Å²) in [6.07, 6.45) is 5.32. The average Bonchev–Trinajstić information content (AvgIpc) is 2.93. The van der Waals surface area contributed by atoms with Gasteiger partial charge in [0, 0.05) is 19.5 Å². The van der Waals surface area contributed by atoms with E-state index in [9.17, 15) is 9.18 Å². The van der Waals surface area contributed by atoms with Crippen molar-refractivity contribution in [3.8, 4) is 0 Å². The van der Waals surface area contributed by atoms with Crippen LogP contribution < -0.4 is 0 Å². The monoisotopic (exact) mass is 288 g/mol. The second kappa shape index (κ2) is 6.03. The van der Waals surface area contributed by atoms with Gasteiger partial charge in [0.1, 0.15) is 18.5 Å². The van der Waals surface area contributed by atoms with Gasteiger partial charge in [-0.3, -0.25) is 9.48 Å². The van der Waals surface area contributed by atoms with Crippen molar-refractivity contribution < 1.29 is 9.18 Å². The first-order valence-corrected chi connectivity index (χ1v) is 7.11. The van der Waals surface area contributed by atoms with E-state index in [2.05, 4.69) is 10.1 Å². The van der Waals surface area contributed by atoms with Crippen molar-refractivity contribution in [2.24, 2.45) is 0 Å². The van der Waals surface area contributed by atoms with Gasteiger partial charge in [-0.05, 0) is 30.5 Å². The van der Waals surface area contributed by atoms with E-state index < -0.39 is 0 Å². The molecule has 1 aromatic heterocycles. The van der Waals surface area contributed by atoms with E-state index in [-0.39, 0.29) is 17.8 Å². The Bertz CT molecular complexity index is 597. The number of amides is 1. The predicted molar refractivity (Wildman–Crippen MR) is 74.7 cm³/mol. The maximum absolute atomic E-state index is 12.9. The van der Waals surface area contributed by atoms with E-state index in [4.69, 9.17) is 0 Å². The number of hydrogen-bond acceptors (Lipinski definition) is 3. The van der Waals surface area contributed by atoms with Crippen LogP contribution >= 0.6 is 0 Å². The van der Waals surface area contributed by atoms with Gasteiger partial charge in [-0.15, -0.1) is 0 Å². The molecular formula is C15H17FN4O. The fourth-order valence-corrected chi connectivity index (χ4v) is 2.60. The highest BCUT2D eigenvalue weighted by Crippen LogP contribution is 2.33. The first kappa shape index (κ1) is 13.7. The smallest absolute Gasteiger partial charge is 0.223 e. The summed E-state index contributed by atoms with van der Waals surface area (Å²) < 4.78 is 14.7. The van der Waals surface area contributed by atoms with Crippen LogP contribution in [0.2, 0.25) is 0 Å². The number of halogens is 1. The summed E-state index contributed by atoms with van der Waals surface area (Å²) in [5, 5.41) is 4.01. The van der Waals surface area contributed by atoms with Crippen molar-refractivity contribution >= 4 is 5.91 Å². The first-order chi connectivity index (χ1) is 10.2. The Morgan fingerprint density at radius 1 is 1.33 bits per heavy atom. The standard InChI is InChI=1S/C15H17FN4O/c16-13-5-3-12(4-6-13)14-7-9-20(14)15(21)2-1-8-19-11-17-10-18-19/h3-6,10-11,14H,1-2,7-9H2.